The maximum atomic E-state index is 13.1. The average Bonchev–Trinajstić information content (AvgIpc) is 2.73. The van der Waals surface area contributed by atoms with E-state index in [2.05, 4.69) is 11.2 Å². The van der Waals surface area contributed by atoms with Gasteiger partial charge >= 0.3 is 0 Å². The third kappa shape index (κ3) is 3.29. The van der Waals surface area contributed by atoms with Gasteiger partial charge in [0.2, 0.25) is 11.3 Å². The molecule has 0 atom stereocenters. The van der Waals surface area contributed by atoms with E-state index in [9.17, 15) is 9.59 Å². The fourth-order valence-electron chi connectivity index (χ4n) is 3.42. The monoisotopic (exact) mass is 375 g/mol. The molecule has 1 aliphatic rings. The fourth-order valence-corrected chi connectivity index (χ4v) is 3.42. The largest absolute Gasteiger partial charge is 0.481 e. The average molecular weight is 375 g/mol. The summed E-state index contributed by atoms with van der Waals surface area (Å²) in [5.41, 5.74) is 3.64. The Balaban J connectivity index is 1.71. The van der Waals surface area contributed by atoms with Crippen molar-refractivity contribution in [3.63, 3.8) is 0 Å². The van der Waals surface area contributed by atoms with Crippen LogP contribution in [0, 0.1) is 6.92 Å². The van der Waals surface area contributed by atoms with E-state index in [1.807, 2.05) is 49.4 Å². The standard InChI is InChI=1S/C22H21N3O3/c1-15-7-9-18(10-8-15)25-20(28-2)13-19(26)21(23-25)22(27)24-12-11-16-5-3-4-6-17(16)14-24/h3-10,13H,11-12,14H2,1-2H3. The highest BCUT2D eigenvalue weighted by atomic mass is 16.5. The lowest BCUT2D eigenvalue weighted by Gasteiger charge is -2.28. The zero-order valence-corrected chi connectivity index (χ0v) is 15.9. The lowest BCUT2D eigenvalue weighted by molar-refractivity contribution is 0.0725. The molecule has 0 saturated heterocycles. The molecule has 0 aliphatic carbocycles. The number of fused-ring (bicyclic) bond motifs is 1. The highest BCUT2D eigenvalue weighted by Crippen LogP contribution is 2.20. The zero-order valence-electron chi connectivity index (χ0n) is 15.9. The van der Waals surface area contributed by atoms with Crippen molar-refractivity contribution in [3.8, 4) is 11.6 Å². The molecule has 0 radical (unpaired) electrons. The van der Waals surface area contributed by atoms with Gasteiger partial charge in [0, 0.05) is 13.1 Å². The number of ether oxygens (including phenoxy) is 1. The van der Waals surface area contributed by atoms with Crippen LogP contribution in [0.5, 0.6) is 5.88 Å². The number of amides is 1. The summed E-state index contributed by atoms with van der Waals surface area (Å²) in [7, 11) is 1.48. The molecule has 28 heavy (non-hydrogen) atoms. The van der Waals surface area contributed by atoms with Gasteiger partial charge in [0.1, 0.15) is 0 Å². The van der Waals surface area contributed by atoms with Crippen molar-refractivity contribution in [2.24, 2.45) is 0 Å². The first kappa shape index (κ1) is 18.0. The molecule has 0 bridgehead atoms. The first-order valence-electron chi connectivity index (χ1n) is 9.18. The Hall–Kier alpha value is -3.41. The lowest BCUT2D eigenvalue weighted by Crippen LogP contribution is -2.39. The van der Waals surface area contributed by atoms with E-state index in [-0.39, 0.29) is 17.5 Å². The van der Waals surface area contributed by atoms with Crippen LogP contribution in [-0.4, -0.2) is 34.2 Å². The van der Waals surface area contributed by atoms with Crippen LogP contribution in [0.3, 0.4) is 0 Å². The molecule has 0 fully saturated rings. The SMILES string of the molecule is COc1cc(=O)c(C(=O)N2CCc3ccccc3C2)nn1-c1ccc(C)cc1. The van der Waals surface area contributed by atoms with Gasteiger partial charge in [0.05, 0.1) is 18.9 Å². The second-order valence-electron chi connectivity index (χ2n) is 6.89. The first-order chi connectivity index (χ1) is 13.6. The molecule has 2 heterocycles. The Morgan fingerprint density at radius 2 is 1.79 bits per heavy atom. The van der Waals surface area contributed by atoms with E-state index < -0.39 is 5.43 Å². The molecule has 2 aromatic carbocycles. The van der Waals surface area contributed by atoms with Crippen molar-refractivity contribution in [1.82, 2.24) is 14.7 Å². The Morgan fingerprint density at radius 1 is 1.07 bits per heavy atom. The minimum absolute atomic E-state index is 0.0965. The molecular weight excluding hydrogens is 354 g/mol. The topological polar surface area (TPSA) is 64.4 Å². The van der Waals surface area contributed by atoms with E-state index in [0.717, 1.165) is 23.2 Å². The van der Waals surface area contributed by atoms with Gasteiger partial charge in [-0.05, 0) is 36.6 Å². The number of carbonyl (C=O) groups is 1. The summed E-state index contributed by atoms with van der Waals surface area (Å²) in [6.45, 7) is 3.03. The summed E-state index contributed by atoms with van der Waals surface area (Å²) in [5, 5.41) is 4.36. The van der Waals surface area contributed by atoms with Crippen molar-refractivity contribution in [2.75, 3.05) is 13.7 Å². The zero-order chi connectivity index (χ0) is 19.7. The summed E-state index contributed by atoms with van der Waals surface area (Å²) in [4.78, 5) is 27.3. The summed E-state index contributed by atoms with van der Waals surface area (Å²) in [6, 6.07) is 17.0. The van der Waals surface area contributed by atoms with E-state index in [0.29, 0.717) is 13.1 Å². The maximum Gasteiger partial charge on any atom is 0.278 e. The molecule has 1 aliphatic heterocycles. The Morgan fingerprint density at radius 3 is 2.50 bits per heavy atom. The summed E-state index contributed by atoms with van der Waals surface area (Å²) in [5.74, 6) is -0.0718. The van der Waals surface area contributed by atoms with E-state index >= 15 is 0 Å². The van der Waals surface area contributed by atoms with Gasteiger partial charge < -0.3 is 9.64 Å². The summed E-state index contributed by atoms with van der Waals surface area (Å²) >= 11 is 0. The van der Waals surface area contributed by atoms with E-state index in [1.165, 1.54) is 23.4 Å². The number of nitrogens with zero attached hydrogens (tertiary/aromatic N) is 3. The number of hydrogen-bond acceptors (Lipinski definition) is 4. The van der Waals surface area contributed by atoms with Gasteiger partial charge in [-0.2, -0.15) is 5.10 Å². The van der Waals surface area contributed by atoms with Gasteiger partial charge in [-0.25, -0.2) is 4.68 Å². The predicted octanol–water partition coefficient (Wildman–Crippen LogP) is 2.75. The summed E-state index contributed by atoms with van der Waals surface area (Å²) in [6.07, 6.45) is 0.768. The quantitative estimate of drug-likeness (QED) is 0.706. The lowest BCUT2D eigenvalue weighted by atomic mass is 10.00. The molecule has 142 valence electrons. The fraction of sp³-hybridized carbons (Fsp3) is 0.227. The van der Waals surface area contributed by atoms with Gasteiger partial charge in [-0.15, -0.1) is 0 Å². The number of rotatable bonds is 3. The highest BCUT2D eigenvalue weighted by molar-refractivity contribution is 5.92. The Kier molecular flexibility index (Phi) is 4.69. The molecule has 0 unspecified atom stereocenters. The Labute approximate surface area is 163 Å². The van der Waals surface area contributed by atoms with Crippen LogP contribution in [0.1, 0.15) is 27.2 Å². The summed E-state index contributed by atoms with van der Waals surface area (Å²) < 4.78 is 6.81. The van der Waals surface area contributed by atoms with Gasteiger partial charge in [0.25, 0.3) is 5.91 Å². The number of methoxy groups -OCH3 is 1. The Bertz CT molecular complexity index is 1090. The van der Waals surface area contributed by atoms with Gasteiger partial charge in [-0.1, -0.05) is 42.0 Å². The number of aromatic nitrogens is 2. The number of carbonyl (C=O) groups excluding carboxylic acids is 1. The van der Waals surface area contributed by atoms with Gasteiger partial charge in [0.15, 0.2) is 5.69 Å². The minimum atomic E-state index is -0.441. The second-order valence-corrected chi connectivity index (χ2v) is 6.89. The van der Waals surface area contributed by atoms with Crippen molar-refractivity contribution in [3.05, 3.63) is 87.2 Å². The third-order valence-electron chi connectivity index (χ3n) is 5.00. The second kappa shape index (κ2) is 7.31. The molecule has 4 rings (SSSR count). The van der Waals surface area contributed by atoms with Crippen molar-refractivity contribution >= 4 is 5.91 Å². The molecule has 0 saturated carbocycles. The molecule has 0 spiro atoms. The third-order valence-corrected chi connectivity index (χ3v) is 5.00. The smallest absolute Gasteiger partial charge is 0.278 e. The number of hydrogen-bond donors (Lipinski definition) is 0. The van der Waals surface area contributed by atoms with Crippen LogP contribution < -0.4 is 10.2 Å². The maximum absolute atomic E-state index is 13.1. The normalized spacial score (nSPS) is 13.1. The van der Waals surface area contributed by atoms with Crippen LogP contribution in [0.4, 0.5) is 0 Å². The molecule has 0 N–H and O–H groups in total. The molecule has 1 amide bonds. The first-order valence-corrected chi connectivity index (χ1v) is 9.18. The van der Waals surface area contributed by atoms with Crippen LogP contribution in [0.2, 0.25) is 0 Å². The molecule has 6 nitrogen and oxygen atoms in total. The number of aryl methyl sites for hydroxylation is 1. The van der Waals surface area contributed by atoms with Crippen LogP contribution in [0.25, 0.3) is 5.69 Å². The van der Waals surface area contributed by atoms with Crippen LogP contribution >= 0.6 is 0 Å². The van der Waals surface area contributed by atoms with Gasteiger partial charge in [-0.3, -0.25) is 9.59 Å². The number of benzene rings is 2. The predicted molar refractivity (Wildman–Crippen MR) is 106 cm³/mol. The van der Waals surface area contributed by atoms with Crippen molar-refractivity contribution in [2.45, 2.75) is 19.9 Å². The van der Waals surface area contributed by atoms with Crippen LogP contribution in [-0.2, 0) is 13.0 Å². The molecular formula is C22H21N3O3. The van der Waals surface area contributed by atoms with E-state index in [1.54, 1.807) is 4.90 Å². The molecule has 6 heteroatoms. The van der Waals surface area contributed by atoms with Crippen LogP contribution in [0.15, 0.2) is 59.4 Å². The minimum Gasteiger partial charge on any atom is -0.481 e. The van der Waals surface area contributed by atoms with Crippen molar-refractivity contribution < 1.29 is 9.53 Å². The molecule has 3 aromatic rings. The highest BCUT2D eigenvalue weighted by Gasteiger charge is 2.26. The van der Waals surface area contributed by atoms with E-state index in [4.69, 9.17) is 4.74 Å². The van der Waals surface area contributed by atoms with Crippen molar-refractivity contribution in [1.29, 1.82) is 0 Å². The molecule has 1 aromatic heterocycles.